The van der Waals surface area contributed by atoms with Gasteiger partial charge in [0.15, 0.2) is 6.61 Å². The first kappa shape index (κ1) is 20.7. The van der Waals surface area contributed by atoms with Crippen molar-refractivity contribution in [3.63, 3.8) is 0 Å². The lowest BCUT2D eigenvalue weighted by molar-refractivity contribution is -0.124. The number of hydrogen-bond acceptors (Lipinski definition) is 5. The molecule has 0 aliphatic carbocycles. The van der Waals surface area contributed by atoms with Gasteiger partial charge >= 0.3 is 5.97 Å². The van der Waals surface area contributed by atoms with Crippen LogP contribution in [0.1, 0.15) is 21.6 Å². The van der Waals surface area contributed by atoms with Gasteiger partial charge in [0.25, 0.3) is 5.91 Å². The largest absolute Gasteiger partial charge is 0.452 e. The van der Waals surface area contributed by atoms with Gasteiger partial charge in [0.1, 0.15) is 0 Å². The number of hydrogen-bond donors (Lipinski definition) is 1. The summed E-state index contributed by atoms with van der Waals surface area (Å²) >= 11 is 1.66. The zero-order chi connectivity index (χ0) is 20.6. The molecule has 3 aromatic rings. The number of nitrogens with one attached hydrogen (secondary N) is 1. The Bertz CT molecular complexity index is 966. The fourth-order valence-corrected chi connectivity index (χ4v) is 3.41. The van der Waals surface area contributed by atoms with E-state index in [0.717, 1.165) is 22.0 Å². The zero-order valence-corrected chi connectivity index (χ0v) is 17.2. The highest BCUT2D eigenvalue weighted by atomic mass is 32.2. The summed E-state index contributed by atoms with van der Waals surface area (Å²) in [5, 5.41) is 6.98. The van der Waals surface area contributed by atoms with Crippen molar-refractivity contribution in [2.45, 2.75) is 18.7 Å². The maximum atomic E-state index is 12.1. The molecule has 6 nitrogen and oxygen atoms in total. The van der Waals surface area contributed by atoms with Crippen molar-refractivity contribution in [1.82, 2.24) is 15.1 Å². The molecule has 0 aliphatic rings. The van der Waals surface area contributed by atoms with Crippen LogP contribution >= 0.6 is 11.8 Å². The van der Waals surface area contributed by atoms with E-state index < -0.39 is 5.97 Å². The van der Waals surface area contributed by atoms with Crippen LogP contribution < -0.4 is 5.32 Å². The molecule has 1 N–H and O–H groups in total. The summed E-state index contributed by atoms with van der Waals surface area (Å²) in [6.07, 6.45) is 1.72. The monoisotopic (exact) mass is 409 g/mol. The first-order chi connectivity index (χ1) is 14.0. The third-order valence-electron chi connectivity index (χ3n) is 4.23. The summed E-state index contributed by atoms with van der Waals surface area (Å²) in [4.78, 5) is 25.2. The van der Waals surface area contributed by atoms with Gasteiger partial charge in [0, 0.05) is 29.1 Å². The maximum Gasteiger partial charge on any atom is 0.338 e. The number of carbonyl (C=O) groups excluding carboxylic acids is 2. The van der Waals surface area contributed by atoms with Crippen LogP contribution in [0.5, 0.6) is 0 Å². The number of nitrogens with zero attached hydrogens (tertiary/aromatic N) is 2. The highest BCUT2D eigenvalue weighted by Gasteiger charge is 2.11. The summed E-state index contributed by atoms with van der Waals surface area (Å²) < 4.78 is 6.87. The molecule has 0 spiro atoms. The van der Waals surface area contributed by atoms with Gasteiger partial charge in [-0.3, -0.25) is 4.79 Å². The van der Waals surface area contributed by atoms with Crippen LogP contribution in [-0.4, -0.2) is 40.6 Å². The number of rotatable bonds is 8. The molecular formula is C22H23N3O3S. The lowest BCUT2D eigenvalue weighted by atomic mass is 10.2. The summed E-state index contributed by atoms with van der Waals surface area (Å²) in [5.74, 6) is -0.0959. The van der Waals surface area contributed by atoms with Crippen molar-refractivity contribution in [2.75, 3.05) is 18.9 Å². The quantitative estimate of drug-likeness (QED) is 0.350. The van der Waals surface area contributed by atoms with Crippen LogP contribution in [0.2, 0.25) is 0 Å². The first-order valence-corrected chi connectivity index (χ1v) is 10.3. The molecule has 1 amide bonds. The number of esters is 1. The van der Waals surface area contributed by atoms with E-state index >= 15 is 0 Å². The van der Waals surface area contributed by atoms with E-state index in [1.807, 2.05) is 19.9 Å². The smallest absolute Gasteiger partial charge is 0.338 e. The Morgan fingerprint density at radius 3 is 2.41 bits per heavy atom. The lowest BCUT2D eigenvalue weighted by Gasteiger charge is -2.08. The molecule has 0 atom stereocenters. The van der Waals surface area contributed by atoms with Crippen molar-refractivity contribution < 1.29 is 14.3 Å². The molecule has 0 saturated carbocycles. The molecule has 7 heteroatoms. The SMILES string of the molecule is Cc1ccc(SCCNC(=O)COC(=O)c2ccc(-n3nccc3C)cc2)cc1. The van der Waals surface area contributed by atoms with E-state index in [0.29, 0.717) is 12.1 Å². The Morgan fingerprint density at radius 2 is 1.76 bits per heavy atom. The average molecular weight is 410 g/mol. The van der Waals surface area contributed by atoms with E-state index in [4.69, 9.17) is 4.74 Å². The number of aromatic nitrogens is 2. The number of thioether (sulfide) groups is 1. The van der Waals surface area contributed by atoms with Gasteiger partial charge in [-0.15, -0.1) is 11.8 Å². The molecule has 0 fully saturated rings. The van der Waals surface area contributed by atoms with Gasteiger partial charge < -0.3 is 10.1 Å². The Hall–Kier alpha value is -3.06. The minimum absolute atomic E-state index is 0.298. The van der Waals surface area contributed by atoms with E-state index in [-0.39, 0.29) is 12.5 Å². The Balaban J connectivity index is 1.39. The molecule has 3 rings (SSSR count). The summed E-state index contributed by atoms with van der Waals surface area (Å²) in [6, 6.07) is 17.0. The lowest BCUT2D eigenvalue weighted by Crippen LogP contribution is -2.30. The Kier molecular flexibility index (Phi) is 7.08. The number of ether oxygens (including phenoxy) is 1. The van der Waals surface area contributed by atoms with Crippen molar-refractivity contribution >= 4 is 23.6 Å². The molecule has 150 valence electrons. The predicted molar refractivity (Wildman–Crippen MR) is 113 cm³/mol. The number of carbonyl (C=O) groups is 2. The number of benzene rings is 2. The highest BCUT2D eigenvalue weighted by Crippen LogP contribution is 2.17. The Morgan fingerprint density at radius 1 is 1.03 bits per heavy atom. The van der Waals surface area contributed by atoms with E-state index in [1.54, 1.807) is 46.9 Å². The molecule has 0 unspecified atom stereocenters. The molecule has 1 aromatic heterocycles. The molecule has 1 heterocycles. The summed E-state index contributed by atoms with van der Waals surface area (Å²) in [6.45, 7) is 4.21. The third-order valence-corrected chi connectivity index (χ3v) is 5.24. The van der Waals surface area contributed by atoms with Gasteiger partial charge in [-0.05, 0) is 56.3 Å². The number of amides is 1. The topological polar surface area (TPSA) is 73.2 Å². The van der Waals surface area contributed by atoms with Crippen LogP contribution in [-0.2, 0) is 9.53 Å². The van der Waals surface area contributed by atoms with Crippen LogP contribution in [0.15, 0.2) is 65.7 Å². The highest BCUT2D eigenvalue weighted by molar-refractivity contribution is 7.99. The standard InChI is InChI=1S/C22H23N3O3S/c1-16-3-9-20(10-4-16)29-14-13-23-21(26)15-28-22(27)18-5-7-19(8-6-18)25-17(2)11-12-24-25/h3-12H,13-15H2,1-2H3,(H,23,26). The molecular weight excluding hydrogens is 386 g/mol. The van der Waals surface area contributed by atoms with Crippen LogP contribution in [0.4, 0.5) is 0 Å². The van der Waals surface area contributed by atoms with Gasteiger partial charge in [-0.2, -0.15) is 5.10 Å². The Labute approximate surface area is 174 Å². The van der Waals surface area contributed by atoms with Crippen LogP contribution in [0.3, 0.4) is 0 Å². The molecule has 0 saturated heterocycles. The average Bonchev–Trinajstić information content (AvgIpc) is 3.16. The molecule has 0 radical (unpaired) electrons. The second-order valence-electron chi connectivity index (χ2n) is 6.52. The molecule has 29 heavy (non-hydrogen) atoms. The second kappa shape index (κ2) is 9.93. The van der Waals surface area contributed by atoms with Gasteiger partial charge in [0.2, 0.25) is 0 Å². The van der Waals surface area contributed by atoms with E-state index in [9.17, 15) is 9.59 Å². The van der Waals surface area contributed by atoms with Gasteiger partial charge in [-0.1, -0.05) is 17.7 Å². The van der Waals surface area contributed by atoms with Crippen molar-refractivity contribution in [3.05, 3.63) is 77.6 Å². The fraction of sp³-hybridized carbons (Fsp3) is 0.227. The maximum absolute atomic E-state index is 12.1. The van der Waals surface area contributed by atoms with Gasteiger partial charge in [-0.25, -0.2) is 9.48 Å². The first-order valence-electron chi connectivity index (χ1n) is 9.27. The molecule has 2 aromatic carbocycles. The number of aryl methyl sites for hydroxylation is 2. The van der Waals surface area contributed by atoms with Crippen LogP contribution in [0.25, 0.3) is 5.69 Å². The zero-order valence-electron chi connectivity index (χ0n) is 16.4. The second-order valence-corrected chi connectivity index (χ2v) is 7.69. The van der Waals surface area contributed by atoms with Crippen molar-refractivity contribution in [2.24, 2.45) is 0 Å². The van der Waals surface area contributed by atoms with E-state index in [1.165, 1.54) is 5.56 Å². The van der Waals surface area contributed by atoms with E-state index in [2.05, 4.69) is 34.7 Å². The minimum Gasteiger partial charge on any atom is -0.452 e. The van der Waals surface area contributed by atoms with Crippen molar-refractivity contribution in [3.8, 4) is 5.69 Å². The predicted octanol–water partition coefficient (Wildman–Crippen LogP) is 3.55. The molecule has 0 bridgehead atoms. The summed E-state index contributed by atoms with van der Waals surface area (Å²) in [7, 11) is 0. The summed E-state index contributed by atoms with van der Waals surface area (Å²) in [5.41, 5.74) is 3.46. The molecule has 0 aliphatic heterocycles. The fourth-order valence-electron chi connectivity index (χ4n) is 2.64. The van der Waals surface area contributed by atoms with Gasteiger partial charge in [0.05, 0.1) is 11.3 Å². The van der Waals surface area contributed by atoms with Crippen molar-refractivity contribution in [1.29, 1.82) is 0 Å². The minimum atomic E-state index is -0.530. The third kappa shape index (κ3) is 5.96. The van der Waals surface area contributed by atoms with Crippen LogP contribution in [0, 0.1) is 13.8 Å². The normalized spacial score (nSPS) is 10.6.